The van der Waals surface area contributed by atoms with Crippen molar-refractivity contribution in [2.75, 3.05) is 13.2 Å². The maximum Gasteiger partial charge on any atom is 0.240 e. The molecule has 6 heteroatoms. The first-order valence-electron chi connectivity index (χ1n) is 5.16. The van der Waals surface area contributed by atoms with Crippen LogP contribution in [0.25, 0.3) is 0 Å². The van der Waals surface area contributed by atoms with Gasteiger partial charge in [-0.2, -0.15) is 0 Å². The van der Waals surface area contributed by atoms with Gasteiger partial charge in [0.05, 0.1) is 17.1 Å². The largest absolute Gasteiger partial charge is 0.393 e. The highest BCUT2D eigenvalue weighted by Crippen LogP contribution is 2.11. The molecule has 0 saturated heterocycles. The van der Waals surface area contributed by atoms with E-state index in [1.165, 1.54) is 19.1 Å². The molecule has 1 unspecified atom stereocenters. The molecule has 0 radical (unpaired) electrons. The van der Waals surface area contributed by atoms with Gasteiger partial charge >= 0.3 is 0 Å². The second kappa shape index (κ2) is 5.14. The molecule has 3 N–H and O–H groups in total. The molecule has 1 atom stereocenters. The molecule has 0 aliphatic heterocycles. The molecule has 0 aliphatic carbocycles. The minimum absolute atomic E-state index is 0.145. The maximum atomic E-state index is 11.8. The fraction of sp³-hybridized carbons (Fsp3) is 0.455. The molecule has 0 amide bonds. The number of benzene rings is 1. The highest BCUT2D eigenvalue weighted by molar-refractivity contribution is 7.89. The van der Waals surface area contributed by atoms with Crippen molar-refractivity contribution in [1.29, 1.82) is 0 Å². The molecule has 1 aromatic carbocycles. The van der Waals surface area contributed by atoms with Crippen molar-refractivity contribution >= 4 is 10.0 Å². The van der Waals surface area contributed by atoms with Gasteiger partial charge in [0.1, 0.15) is 0 Å². The number of aliphatic hydroxyl groups excluding tert-OH is 1. The summed E-state index contributed by atoms with van der Waals surface area (Å²) in [5.74, 6) is 0. The van der Waals surface area contributed by atoms with E-state index < -0.39 is 22.2 Å². The molecular formula is C11H17NO4S. The topological polar surface area (TPSA) is 86.6 Å². The van der Waals surface area contributed by atoms with Crippen molar-refractivity contribution in [1.82, 2.24) is 4.72 Å². The fourth-order valence-corrected chi connectivity index (χ4v) is 2.44. The summed E-state index contributed by atoms with van der Waals surface area (Å²) < 4.78 is 25.9. The lowest BCUT2D eigenvalue weighted by Gasteiger charge is -2.20. The molecule has 0 aromatic heterocycles. The number of rotatable bonds is 5. The Bertz CT molecular complexity index is 482. The first-order chi connectivity index (χ1) is 7.77. The normalized spacial score (nSPS) is 15.5. The van der Waals surface area contributed by atoms with Crippen LogP contribution in [0.1, 0.15) is 12.5 Å². The number of aliphatic hydroxyl groups is 2. The molecule has 0 fully saturated rings. The molecular weight excluding hydrogens is 242 g/mol. The highest BCUT2D eigenvalue weighted by atomic mass is 32.2. The van der Waals surface area contributed by atoms with Gasteiger partial charge in [-0.3, -0.25) is 0 Å². The molecule has 17 heavy (non-hydrogen) atoms. The zero-order valence-corrected chi connectivity index (χ0v) is 10.7. The second-order valence-electron chi connectivity index (χ2n) is 4.30. The van der Waals surface area contributed by atoms with Crippen molar-refractivity contribution in [3.05, 3.63) is 29.8 Å². The third kappa shape index (κ3) is 4.08. The van der Waals surface area contributed by atoms with E-state index in [-0.39, 0.29) is 11.4 Å². The molecule has 0 spiro atoms. The van der Waals surface area contributed by atoms with Crippen LogP contribution in [-0.2, 0) is 10.0 Å². The van der Waals surface area contributed by atoms with Gasteiger partial charge in [-0.1, -0.05) is 12.1 Å². The smallest absolute Gasteiger partial charge is 0.240 e. The molecule has 1 aromatic rings. The summed E-state index contributed by atoms with van der Waals surface area (Å²) in [4.78, 5) is 0.145. The van der Waals surface area contributed by atoms with Crippen LogP contribution in [0.2, 0.25) is 0 Å². The first kappa shape index (κ1) is 14.1. The van der Waals surface area contributed by atoms with E-state index in [9.17, 15) is 13.5 Å². The lowest BCUT2D eigenvalue weighted by molar-refractivity contribution is 0.00681. The van der Waals surface area contributed by atoms with Crippen molar-refractivity contribution < 1.29 is 18.6 Å². The maximum absolute atomic E-state index is 11.8. The lowest BCUT2D eigenvalue weighted by Crippen LogP contribution is -2.43. The number of nitrogens with one attached hydrogen (secondary N) is 1. The van der Waals surface area contributed by atoms with Crippen LogP contribution in [0.5, 0.6) is 0 Å². The lowest BCUT2D eigenvalue weighted by atomic mass is 10.1. The number of hydrogen-bond donors (Lipinski definition) is 3. The van der Waals surface area contributed by atoms with Gasteiger partial charge in [0.15, 0.2) is 0 Å². The minimum atomic E-state index is -3.65. The van der Waals surface area contributed by atoms with Gasteiger partial charge in [-0.05, 0) is 31.5 Å². The molecule has 0 heterocycles. The van der Waals surface area contributed by atoms with E-state index in [0.29, 0.717) is 0 Å². The average molecular weight is 259 g/mol. The predicted octanol–water partition coefficient (Wildman–Crippen LogP) is 0.0166. The van der Waals surface area contributed by atoms with Gasteiger partial charge in [0, 0.05) is 6.54 Å². The van der Waals surface area contributed by atoms with Crippen molar-refractivity contribution in [2.24, 2.45) is 0 Å². The van der Waals surface area contributed by atoms with Crippen LogP contribution in [0.3, 0.4) is 0 Å². The monoisotopic (exact) mass is 259 g/mol. The average Bonchev–Trinajstić information content (AvgIpc) is 2.27. The Balaban J connectivity index is 2.83. The quantitative estimate of drug-likeness (QED) is 0.695. The zero-order valence-electron chi connectivity index (χ0n) is 9.84. The van der Waals surface area contributed by atoms with Crippen molar-refractivity contribution in [2.45, 2.75) is 24.3 Å². The van der Waals surface area contributed by atoms with Crippen LogP contribution in [0.15, 0.2) is 29.2 Å². The van der Waals surface area contributed by atoms with Crippen molar-refractivity contribution in [3.63, 3.8) is 0 Å². The van der Waals surface area contributed by atoms with Gasteiger partial charge < -0.3 is 10.2 Å². The second-order valence-corrected chi connectivity index (χ2v) is 6.06. The van der Waals surface area contributed by atoms with E-state index >= 15 is 0 Å². The van der Waals surface area contributed by atoms with E-state index in [1.807, 2.05) is 0 Å². The Morgan fingerprint density at radius 1 is 1.41 bits per heavy atom. The first-order valence-corrected chi connectivity index (χ1v) is 6.65. The predicted molar refractivity (Wildman–Crippen MR) is 64.1 cm³/mol. The molecule has 0 saturated carbocycles. The minimum Gasteiger partial charge on any atom is -0.393 e. The summed E-state index contributed by atoms with van der Waals surface area (Å²) >= 11 is 0. The Morgan fingerprint density at radius 3 is 2.59 bits per heavy atom. The number of sulfonamides is 1. The molecule has 96 valence electrons. The molecule has 1 rings (SSSR count). The van der Waals surface area contributed by atoms with E-state index in [0.717, 1.165) is 5.56 Å². The fourth-order valence-electron chi connectivity index (χ4n) is 1.17. The Kier molecular flexibility index (Phi) is 4.26. The molecule has 0 aliphatic rings. The Morgan fingerprint density at radius 2 is 2.06 bits per heavy atom. The van der Waals surface area contributed by atoms with Gasteiger partial charge in [-0.15, -0.1) is 0 Å². The van der Waals surface area contributed by atoms with E-state index in [2.05, 4.69) is 4.72 Å². The summed E-state index contributed by atoms with van der Waals surface area (Å²) in [6.07, 6.45) is 0. The SMILES string of the molecule is Cc1cccc(S(=O)(=O)NCC(C)(O)CO)c1. The standard InChI is InChI=1S/C11H17NO4S/c1-9-4-3-5-10(6-9)17(15,16)12-7-11(2,14)8-13/h3-6,12-14H,7-8H2,1-2H3. The summed E-state index contributed by atoms with van der Waals surface area (Å²) in [5, 5.41) is 18.3. The number of aryl methyl sites for hydroxylation is 1. The van der Waals surface area contributed by atoms with Crippen molar-refractivity contribution in [3.8, 4) is 0 Å². The van der Waals surface area contributed by atoms with Gasteiger partial charge in [-0.25, -0.2) is 13.1 Å². The Hall–Kier alpha value is -0.950. The Labute approximate surface area is 101 Å². The van der Waals surface area contributed by atoms with Crippen LogP contribution < -0.4 is 4.72 Å². The van der Waals surface area contributed by atoms with Gasteiger partial charge in [0.25, 0.3) is 0 Å². The van der Waals surface area contributed by atoms with E-state index in [1.54, 1.807) is 19.1 Å². The summed E-state index contributed by atoms with van der Waals surface area (Å²) in [6, 6.07) is 6.45. The summed E-state index contributed by atoms with van der Waals surface area (Å²) in [6.45, 7) is 2.40. The highest BCUT2D eigenvalue weighted by Gasteiger charge is 2.23. The van der Waals surface area contributed by atoms with Crippen LogP contribution in [0.4, 0.5) is 0 Å². The van der Waals surface area contributed by atoms with E-state index in [4.69, 9.17) is 5.11 Å². The van der Waals surface area contributed by atoms with Crippen LogP contribution in [0, 0.1) is 6.92 Å². The third-order valence-corrected chi connectivity index (χ3v) is 3.68. The van der Waals surface area contributed by atoms with Gasteiger partial charge in [0.2, 0.25) is 10.0 Å². The summed E-state index contributed by atoms with van der Waals surface area (Å²) in [5.41, 5.74) is -0.626. The number of hydrogen-bond acceptors (Lipinski definition) is 4. The molecule has 5 nitrogen and oxygen atoms in total. The summed E-state index contributed by atoms with van der Waals surface area (Å²) in [7, 11) is -3.65. The molecule has 0 bridgehead atoms. The zero-order chi connectivity index (χ0) is 13.1. The van der Waals surface area contributed by atoms with Crippen LogP contribution >= 0.6 is 0 Å². The van der Waals surface area contributed by atoms with Crippen LogP contribution in [-0.4, -0.2) is 37.4 Å². The third-order valence-electron chi connectivity index (χ3n) is 2.28.